The summed E-state index contributed by atoms with van der Waals surface area (Å²) < 4.78 is 0. The Hall–Kier alpha value is -1.22. The molecule has 2 nitrogen and oxygen atoms in total. The molecule has 1 saturated carbocycles. The summed E-state index contributed by atoms with van der Waals surface area (Å²) in [5, 5.41) is 10.7. The van der Waals surface area contributed by atoms with Gasteiger partial charge in [-0.05, 0) is 12.8 Å². The van der Waals surface area contributed by atoms with E-state index in [4.69, 9.17) is 0 Å². The van der Waals surface area contributed by atoms with Crippen LogP contribution in [0.3, 0.4) is 0 Å². The van der Waals surface area contributed by atoms with Crippen LogP contribution in [-0.4, -0.2) is 10.2 Å². The molecular weight excluding hydrogens is 192 g/mol. The monoisotopic (exact) mass is 202 g/mol. The summed E-state index contributed by atoms with van der Waals surface area (Å²) in [4.78, 5) is 0. The maximum atomic E-state index is 4.22. The van der Waals surface area contributed by atoms with E-state index in [1.807, 2.05) is 18.2 Å². The standard InChI is InChI=1S/C11H10N2S/c1-2-4-8(5-3-1)10-12-13-11(14-10)9-6-7-9/h1-5,9H,6-7H2. The number of rotatable bonds is 2. The highest BCUT2D eigenvalue weighted by Gasteiger charge is 2.27. The third kappa shape index (κ3) is 1.44. The van der Waals surface area contributed by atoms with Gasteiger partial charge < -0.3 is 0 Å². The van der Waals surface area contributed by atoms with Crippen LogP contribution in [-0.2, 0) is 0 Å². The van der Waals surface area contributed by atoms with E-state index in [-0.39, 0.29) is 0 Å². The number of hydrogen-bond donors (Lipinski definition) is 0. The van der Waals surface area contributed by atoms with Gasteiger partial charge in [0.05, 0.1) is 0 Å². The molecule has 3 rings (SSSR count). The second-order valence-electron chi connectivity index (χ2n) is 3.59. The quantitative estimate of drug-likeness (QED) is 0.748. The van der Waals surface area contributed by atoms with E-state index in [2.05, 4.69) is 22.3 Å². The van der Waals surface area contributed by atoms with Gasteiger partial charge in [0.15, 0.2) is 0 Å². The Bertz CT molecular complexity index is 432. The molecule has 1 aliphatic carbocycles. The van der Waals surface area contributed by atoms with Gasteiger partial charge in [-0.25, -0.2) is 0 Å². The normalized spacial score (nSPS) is 15.7. The summed E-state index contributed by atoms with van der Waals surface area (Å²) in [7, 11) is 0. The minimum absolute atomic E-state index is 0.713. The highest BCUT2D eigenvalue weighted by molar-refractivity contribution is 7.14. The van der Waals surface area contributed by atoms with E-state index in [0.29, 0.717) is 5.92 Å². The van der Waals surface area contributed by atoms with E-state index in [0.717, 1.165) is 5.01 Å². The minimum atomic E-state index is 0.713. The topological polar surface area (TPSA) is 25.8 Å². The Morgan fingerprint density at radius 1 is 1.07 bits per heavy atom. The zero-order valence-corrected chi connectivity index (χ0v) is 8.50. The summed E-state index contributed by atoms with van der Waals surface area (Å²) in [6, 6.07) is 10.3. The van der Waals surface area contributed by atoms with Crippen molar-refractivity contribution in [3.8, 4) is 10.6 Å². The molecule has 2 aromatic rings. The third-order valence-electron chi connectivity index (χ3n) is 2.39. The lowest BCUT2D eigenvalue weighted by molar-refractivity contribution is 0.978. The van der Waals surface area contributed by atoms with Crippen molar-refractivity contribution < 1.29 is 0 Å². The lowest BCUT2D eigenvalue weighted by Gasteiger charge is -1.91. The van der Waals surface area contributed by atoms with Crippen molar-refractivity contribution in [3.63, 3.8) is 0 Å². The van der Waals surface area contributed by atoms with Crippen molar-refractivity contribution in [1.29, 1.82) is 0 Å². The molecule has 70 valence electrons. The molecule has 0 radical (unpaired) electrons. The summed E-state index contributed by atoms with van der Waals surface area (Å²) in [5.74, 6) is 0.713. The Morgan fingerprint density at radius 2 is 1.86 bits per heavy atom. The van der Waals surface area contributed by atoms with Crippen LogP contribution in [0.4, 0.5) is 0 Å². The first-order valence-corrected chi connectivity index (χ1v) is 5.64. The summed E-state index contributed by atoms with van der Waals surface area (Å²) in [6.07, 6.45) is 2.59. The summed E-state index contributed by atoms with van der Waals surface area (Å²) in [5.41, 5.74) is 1.18. The first kappa shape index (κ1) is 8.12. The molecule has 1 aliphatic rings. The van der Waals surface area contributed by atoms with Gasteiger partial charge in [-0.2, -0.15) is 0 Å². The zero-order valence-electron chi connectivity index (χ0n) is 7.68. The van der Waals surface area contributed by atoms with Gasteiger partial charge in [-0.15, -0.1) is 10.2 Å². The molecule has 1 aromatic heterocycles. The smallest absolute Gasteiger partial charge is 0.143 e. The van der Waals surface area contributed by atoms with E-state index in [1.165, 1.54) is 23.4 Å². The van der Waals surface area contributed by atoms with Gasteiger partial charge >= 0.3 is 0 Å². The highest BCUT2D eigenvalue weighted by Crippen LogP contribution is 2.42. The number of nitrogens with zero attached hydrogens (tertiary/aromatic N) is 2. The Kier molecular flexibility index (Phi) is 1.84. The second-order valence-corrected chi connectivity index (χ2v) is 4.59. The van der Waals surface area contributed by atoms with Crippen LogP contribution in [0.15, 0.2) is 30.3 Å². The fourth-order valence-electron chi connectivity index (χ4n) is 1.43. The van der Waals surface area contributed by atoms with Crippen molar-refractivity contribution >= 4 is 11.3 Å². The fraction of sp³-hybridized carbons (Fsp3) is 0.273. The largest absolute Gasteiger partial charge is 0.147 e. The SMILES string of the molecule is c1ccc(-c2nnc(C3CC3)s2)cc1. The maximum absolute atomic E-state index is 4.22. The molecule has 1 aromatic carbocycles. The van der Waals surface area contributed by atoms with E-state index < -0.39 is 0 Å². The lowest BCUT2D eigenvalue weighted by Crippen LogP contribution is -1.76. The van der Waals surface area contributed by atoms with Gasteiger partial charge in [0.2, 0.25) is 0 Å². The maximum Gasteiger partial charge on any atom is 0.147 e. The molecule has 0 N–H and O–H groups in total. The molecule has 1 fully saturated rings. The minimum Gasteiger partial charge on any atom is -0.143 e. The van der Waals surface area contributed by atoms with E-state index >= 15 is 0 Å². The Balaban J connectivity index is 1.96. The average Bonchev–Trinajstić information content (AvgIpc) is 2.98. The molecule has 0 amide bonds. The van der Waals surface area contributed by atoms with Crippen molar-refractivity contribution in [1.82, 2.24) is 10.2 Å². The summed E-state index contributed by atoms with van der Waals surface area (Å²) in [6.45, 7) is 0. The zero-order chi connectivity index (χ0) is 9.38. The van der Waals surface area contributed by atoms with Crippen molar-refractivity contribution in [2.24, 2.45) is 0 Å². The van der Waals surface area contributed by atoms with Crippen LogP contribution >= 0.6 is 11.3 Å². The Labute approximate surface area is 86.6 Å². The lowest BCUT2D eigenvalue weighted by atomic mass is 10.2. The molecule has 0 saturated heterocycles. The molecule has 0 unspecified atom stereocenters. The molecule has 0 bridgehead atoms. The predicted octanol–water partition coefficient (Wildman–Crippen LogP) is 3.08. The molecule has 1 heterocycles. The van der Waals surface area contributed by atoms with Crippen LogP contribution in [0, 0.1) is 0 Å². The molecule has 0 aliphatic heterocycles. The van der Waals surface area contributed by atoms with Gasteiger partial charge in [-0.3, -0.25) is 0 Å². The predicted molar refractivity (Wildman–Crippen MR) is 57.3 cm³/mol. The van der Waals surface area contributed by atoms with Gasteiger partial charge in [0, 0.05) is 11.5 Å². The second kappa shape index (κ2) is 3.17. The van der Waals surface area contributed by atoms with Crippen LogP contribution in [0.5, 0.6) is 0 Å². The highest BCUT2D eigenvalue weighted by atomic mass is 32.1. The summed E-state index contributed by atoms with van der Waals surface area (Å²) >= 11 is 1.73. The van der Waals surface area contributed by atoms with E-state index in [9.17, 15) is 0 Å². The van der Waals surface area contributed by atoms with Crippen molar-refractivity contribution in [2.75, 3.05) is 0 Å². The fourth-order valence-corrected chi connectivity index (χ4v) is 2.44. The Morgan fingerprint density at radius 3 is 2.57 bits per heavy atom. The van der Waals surface area contributed by atoms with Crippen LogP contribution in [0.25, 0.3) is 10.6 Å². The van der Waals surface area contributed by atoms with Crippen LogP contribution in [0.1, 0.15) is 23.8 Å². The van der Waals surface area contributed by atoms with Gasteiger partial charge in [0.1, 0.15) is 10.0 Å². The molecule has 14 heavy (non-hydrogen) atoms. The van der Waals surface area contributed by atoms with Gasteiger partial charge in [0.25, 0.3) is 0 Å². The number of benzene rings is 1. The number of aromatic nitrogens is 2. The third-order valence-corrected chi connectivity index (χ3v) is 3.52. The molecular formula is C11H10N2S. The first-order chi connectivity index (χ1) is 6.93. The number of hydrogen-bond acceptors (Lipinski definition) is 3. The molecule has 0 spiro atoms. The van der Waals surface area contributed by atoms with Gasteiger partial charge in [-0.1, -0.05) is 41.7 Å². The van der Waals surface area contributed by atoms with E-state index in [1.54, 1.807) is 11.3 Å². The van der Waals surface area contributed by atoms with Crippen molar-refractivity contribution in [2.45, 2.75) is 18.8 Å². The van der Waals surface area contributed by atoms with Crippen LogP contribution < -0.4 is 0 Å². The first-order valence-electron chi connectivity index (χ1n) is 4.82. The van der Waals surface area contributed by atoms with Crippen molar-refractivity contribution in [3.05, 3.63) is 35.3 Å². The molecule has 3 heteroatoms. The molecule has 0 atom stereocenters. The van der Waals surface area contributed by atoms with Crippen LogP contribution in [0.2, 0.25) is 0 Å². The average molecular weight is 202 g/mol.